The van der Waals surface area contributed by atoms with Gasteiger partial charge in [-0.05, 0) is 59.8 Å². The summed E-state index contributed by atoms with van der Waals surface area (Å²) in [4.78, 5) is 42.1. The van der Waals surface area contributed by atoms with Crippen molar-refractivity contribution >= 4 is 29.2 Å². The average molecular weight is 581 g/mol. The maximum Gasteiger partial charge on any atom is 0.321 e. The lowest BCUT2D eigenvalue weighted by Gasteiger charge is -2.34. The largest absolute Gasteiger partial charge is 0.497 e. The molecule has 224 valence electrons. The summed E-state index contributed by atoms with van der Waals surface area (Å²) < 4.78 is 12.9. The Hall–Kier alpha value is -4.72. The Morgan fingerprint density at radius 3 is 2.60 bits per heavy atom. The number of methoxy groups -OCH3 is 1. The van der Waals surface area contributed by atoms with Crippen LogP contribution in [-0.4, -0.2) is 99.0 Å². The standard InChI is InChI=1S/C28H36N8O6/c1-18-13-36(19(2)16-37)27(39)12-20-11-22(30-26(38)15-35-17-29-32-33-35)7-10-24(20)42-25(18)14-34(3)28(40)31-21-5-8-23(41-4)9-6-21/h5-11,17-19,25,37H,12-16H2,1-4H3,(H,30,38)(H,31,40)/t18-,19+,25-/m1/s1. The van der Waals surface area contributed by atoms with Crippen molar-refractivity contribution in [3.8, 4) is 11.5 Å². The van der Waals surface area contributed by atoms with Crippen LogP contribution in [0.5, 0.6) is 11.5 Å². The molecule has 1 aromatic heterocycles. The quantitative estimate of drug-likeness (QED) is 0.341. The monoisotopic (exact) mass is 580 g/mol. The number of tetrazole rings is 1. The van der Waals surface area contributed by atoms with Gasteiger partial charge in [-0.2, -0.15) is 0 Å². The molecule has 4 rings (SSSR count). The second kappa shape index (κ2) is 13.8. The van der Waals surface area contributed by atoms with Crippen molar-refractivity contribution in [2.45, 2.75) is 39.0 Å². The first kappa shape index (κ1) is 30.2. The van der Waals surface area contributed by atoms with Gasteiger partial charge in [-0.3, -0.25) is 9.59 Å². The lowest BCUT2D eigenvalue weighted by Crippen LogP contribution is -2.48. The van der Waals surface area contributed by atoms with Gasteiger partial charge in [0.25, 0.3) is 0 Å². The van der Waals surface area contributed by atoms with E-state index in [1.165, 1.54) is 15.9 Å². The van der Waals surface area contributed by atoms with Crippen molar-refractivity contribution in [2.75, 3.05) is 44.5 Å². The first-order chi connectivity index (χ1) is 20.2. The van der Waals surface area contributed by atoms with E-state index in [-0.39, 0.29) is 49.9 Å². The van der Waals surface area contributed by atoms with Gasteiger partial charge in [-0.1, -0.05) is 6.92 Å². The highest BCUT2D eigenvalue weighted by Crippen LogP contribution is 2.29. The van der Waals surface area contributed by atoms with Crippen molar-refractivity contribution in [2.24, 2.45) is 5.92 Å². The number of carbonyl (C=O) groups is 3. The lowest BCUT2D eigenvalue weighted by molar-refractivity contribution is -0.134. The Morgan fingerprint density at radius 1 is 1.19 bits per heavy atom. The van der Waals surface area contributed by atoms with Crippen molar-refractivity contribution in [3.63, 3.8) is 0 Å². The molecule has 1 aliphatic heterocycles. The van der Waals surface area contributed by atoms with Crippen molar-refractivity contribution in [1.29, 1.82) is 0 Å². The molecular weight excluding hydrogens is 544 g/mol. The molecule has 0 aliphatic carbocycles. The third-order valence-electron chi connectivity index (χ3n) is 7.04. The molecule has 4 amide bonds. The molecule has 0 fully saturated rings. The minimum absolute atomic E-state index is 0.00359. The Kier molecular flexibility index (Phi) is 9.91. The van der Waals surface area contributed by atoms with Crippen LogP contribution >= 0.6 is 0 Å². The number of amides is 4. The highest BCUT2D eigenvalue weighted by atomic mass is 16.5. The van der Waals surface area contributed by atoms with Crippen molar-refractivity contribution < 1.29 is 29.0 Å². The second-order valence-corrected chi connectivity index (χ2v) is 10.3. The van der Waals surface area contributed by atoms with E-state index in [2.05, 4.69) is 26.2 Å². The zero-order valence-corrected chi connectivity index (χ0v) is 24.1. The molecule has 2 heterocycles. The summed E-state index contributed by atoms with van der Waals surface area (Å²) in [5.41, 5.74) is 1.66. The zero-order valence-electron chi connectivity index (χ0n) is 24.1. The number of urea groups is 1. The van der Waals surface area contributed by atoms with Gasteiger partial charge >= 0.3 is 6.03 Å². The molecule has 1 aliphatic rings. The Morgan fingerprint density at radius 2 is 1.93 bits per heavy atom. The third-order valence-corrected chi connectivity index (χ3v) is 7.04. The number of nitrogens with one attached hydrogen (secondary N) is 2. The Bertz CT molecular complexity index is 1370. The van der Waals surface area contributed by atoms with Gasteiger partial charge in [-0.15, -0.1) is 5.10 Å². The molecule has 42 heavy (non-hydrogen) atoms. The molecule has 0 unspecified atom stereocenters. The van der Waals surface area contributed by atoms with Crippen LogP contribution in [0.4, 0.5) is 16.2 Å². The smallest absolute Gasteiger partial charge is 0.321 e. The molecule has 3 atom stereocenters. The summed E-state index contributed by atoms with van der Waals surface area (Å²) >= 11 is 0. The molecule has 2 aromatic carbocycles. The highest BCUT2D eigenvalue weighted by molar-refractivity contribution is 5.91. The first-order valence-corrected chi connectivity index (χ1v) is 13.5. The number of rotatable bonds is 9. The fourth-order valence-corrected chi connectivity index (χ4v) is 4.57. The highest BCUT2D eigenvalue weighted by Gasteiger charge is 2.32. The summed E-state index contributed by atoms with van der Waals surface area (Å²) in [5, 5.41) is 26.3. The predicted molar refractivity (Wildman–Crippen MR) is 153 cm³/mol. The summed E-state index contributed by atoms with van der Waals surface area (Å²) in [7, 11) is 3.24. The number of carbonyl (C=O) groups excluding carboxylic acids is 3. The number of fused-ring (bicyclic) bond motifs is 1. The summed E-state index contributed by atoms with van der Waals surface area (Å²) in [6.07, 6.45) is 0.849. The summed E-state index contributed by atoms with van der Waals surface area (Å²) in [6.45, 7) is 4.00. The van der Waals surface area contributed by atoms with Gasteiger partial charge in [0.2, 0.25) is 11.8 Å². The molecule has 14 heteroatoms. The topological polar surface area (TPSA) is 164 Å². The fraction of sp³-hybridized carbons (Fsp3) is 0.429. The number of aromatic nitrogens is 4. The minimum Gasteiger partial charge on any atom is -0.497 e. The molecular formula is C28H36N8O6. The maximum absolute atomic E-state index is 13.4. The Balaban J connectivity index is 1.54. The number of hydrogen-bond donors (Lipinski definition) is 3. The maximum atomic E-state index is 13.4. The van der Waals surface area contributed by atoms with Crippen LogP contribution in [0.3, 0.4) is 0 Å². The number of benzene rings is 2. The van der Waals surface area contributed by atoms with Crippen LogP contribution in [-0.2, 0) is 22.6 Å². The molecule has 14 nitrogen and oxygen atoms in total. The van der Waals surface area contributed by atoms with E-state index in [0.29, 0.717) is 35.0 Å². The normalized spacial score (nSPS) is 17.5. The SMILES string of the molecule is COc1ccc(NC(=O)N(C)C[C@H]2Oc3ccc(NC(=O)Cn4cnnn4)cc3CC(=O)N([C@@H](C)CO)C[C@H]2C)cc1. The number of nitrogens with zero attached hydrogens (tertiary/aromatic N) is 6. The van der Waals surface area contributed by atoms with Crippen LogP contribution in [0.1, 0.15) is 19.4 Å². The van der Waals surface area contributed by atoms with Gasteiger partial charge in [-0.25, -0.2) is 9.48 Å². The number of likely N-dealkylation sites (N-methyl/N-ethyl adjacent to an activating group) is 1. The van der Waals surface area contributed by atoms with Gasteiger partial charge in [0.15, 0.2) is 0 Å². The average Bonchev–Trinajstić information content (AvgIpc) is 3.49. The van der Waals surface area contributed by atoms with E-state index < -0.39 is 12.1 Å². The van der Waals surface area contributed by atoms with Gasteiger partial charge in [0.1, 0.15) is 30.5 Å². The van der Waals surface area contributed by atoms with Crippen molar-refractivity contribution in [3.05, 3.63) is 54.4 Å². The van der Waals surface area contributed by atoms with Gasteiger partial charge in [0.05, 0.1) is 32.7 Å². The molecule has 0 bridgehead atoms. The van der Waals surface area contributed by atoms with E-state index in [9.17, 15) is 19.5 Å². The van der Waals surface area contributed by atoms with E-state index in [0.717, 1.165) is 0 Å². The zero-order chi connectivity index (χ0) is 30.2. The molecule has 0 radical (unpaired) electrons. The van der Waals surface area contributed by atoms with Crippen LogP contribution in [0, 0.1) is 5.92 Å². The van der Waals surface area contributed by atoms with Gasteiger partial charge in [0, 0.05) is 36.4 Å². The van der Waals surface area contributed by atoms with Crippen LogP contribution in [0.15, 0.2) is 48.8 Å². The molecule has 3 N–H and O–H groups in total. The summed E-state index contributed by atoms with van der Waals surface area (Å²) in [6, 6.07) is 11.4. The van der Waals surface area contributed by atoms with E-state index in [4.69, 9.17) is 9.47 Å². The molecule has 0 spiro atoms. The molecule has 3 aromatic rings. The predicted octanol–water partition coefficient (Wildman–Crippen LogP) is 1.63. The summed E-state index contributed by atoms with van der Waals surface area (Å²) in [5.74, 6) is 0.432. The number of aliphatic hydroxyl groups excluding tert-OH is 1. The minimum atomic E-state index is -0.491. The van der Waals surface area contributed by atoms with Crippen LogP contribution in [0.2, 0.25) is 0 Å². The van der Waals surface area contributed by atoms with E-state index >= 15 is 0 Å². The third kappa shape index (κ3) is 7.72. The lowest BCUT2D eigenvalue weighted by atomic mass is 10.0. The number of aliphatic hydroxyl groups is 1. The number of ether oxygens (including phenoxy) is 2. The second-order valence-electron chi connectivity index (χ2n) is 10.3. The number of anilines is 2. The molecule has 0 saturated heterocycles. The van der Waals surface area contributed by atoms with E-state index in [1.54, 1.807) is 68.4 Å². The fourth-order valence-electron chi connectivity index (χ4n) is 4.57. The van der Waals surface area contributed by atoms with Crippen LogP contribution in [0.25, 0.3) is 0 Å². The number of hydrogen-bond acceptors (Lipinski definition) is 9. The molecule has 0 saturated carbocycles. The van der Waals surface area contributed by atoms with E-state index in [1.807, 2.05) is 6.92 Å². The van der Waals surface area contributed by atoms with Crippen molar-refractivity contribution in [1.82, 2.24) is 30.0 Å². The van der Waals surface area contributed by atoms with Gasteiger partial charge < -0.3 is 35.0 Å². The Labute approximate surface area is 243 Å². The first-order valence-electron chi connectivity index (χ1n) is 13.5. The van der Waals surface area contributed by atoms with Crippen LogP contribution < -0.4 is 20.1 Å².